The summed E-state index contributed by atoms with van der Waals surface area (Å²) in [6.45, 7) is 8.74. The van der Waals surface area contributed by atoms with E-state index >= 15 is 0 Å². The van der Waals surface area contributed by atoms with E-state index in [1.165, 1.54) is 7.11 Å². The molecule has 0 aliphatic carbocycles. The fourth-order valence-corrected chi connectivity index (χ4v) is 4.49. The fourth-order valence-electron chi connectivity index (χ4n) is 3.66. The van der Waals surface area contributed by atoms with Crippen molar-refractivity contribution >= 4 is 40.9 Å². The van der Waals surface area contributed by atoms with Crippen LogP contribution in [0.5, 0.6) is 0 Å². The Kier molecular flexibility index (Phi) is 7.12. The lowest BCUT2D eigenvalue weighted by Gasteiger charge is -2.14. The van der Waals surface area contributed by atoms with Crippen LogP contribution in [0.4, 0.5) is 4.79 Å². The van der Waals surface area contributed by atoms with Gasteiger partial charge in [-0.25, -0.2) is 4.79 Å². The van der Waals surface area contributed by atoms with Gasteiger partial charge < -0.3 is 14.0 Å². The second-order valence-corrected chi connectivity index (χ2v) is 8.95. The lowest BCUT2D eigenvalue weighted by atomic mass is 10.1. The van der Waals surface area contributed by atoms with Gasteiger partial charge in [-0.05, 0) is 87.8 Å². The van der Waals surface area contributed by atoms with Crippen molar-refractivity contribution in [1.82, 2.24) is 9.47 Å². The SMILES string of the molecule is COC(=O)c1ccc(-n2c(C)cc(/C=C3/SC(=O)N(CC(=O)OC(C)C)C3=O)c2C)c(C)c1. The number of carbonyl (C=O) groups excluding carboxylic acids is 4. The van der Waals surface area contributed by atoms with Gasteiger partial charge in [-0.1, -0.05) is 0 Å². The number of imide groups is 1. The molecule has 8 nitrogen and oxygen atoms in total. The van der Waals surface area contributed by atoms with Gasteiger partial charge in [0.2, 0.25) is 0 Å². The summed E-state index contributed by atoms with van der Waals surface area (Å²) >= 11 is 0.798. The standard InChI is InChI=1S/C24H26N2O6S/c1-13(2)32-21(27)12-25-22(28)20(33-24(25)30)11-18-10-15(4)26(16(18)5)19-8-7-17(9-14(19)3)23(29)31-6/h7-11,13H,12H2,1-6H3/b20-11+. The number of aromatic nitrogens is 1. The van der Waals surface area contributed by atoms with Crippen LogP contribution in [-0.4, -0.2) is 52.3 Å². The van der Waals surface area contributed by atoms with Crippen molar-refractivity contribution in [3.8, 4) is 5.69 Å². The molecule has 0 spiro atoms. The number of amides is 2. The molecule has 33 heavy (non-hydrogen) atoms. The molecule has 0 saturated carbocycles. The van der Waals surface area contributed by atoms with Crippen molar-refractivity contribution in [1.29, 1.82) is 0 Å². The van der Waals surface area contributed by atoms with E-state index in [0.717, 1.165) is 44.9 Å². The van der Waals surface area contributed by atoms with Gasteiger partial charge in [0.05, 0.1) is 23.7 Å². The first-order valence-corrected chi connectivity index (χ1v) is 11.2. The molecule has 0 radical (unpaired) electrons. The molecular weight excluding hydrogens is 444 g/mol. The number of benzene rings is 1. The number of rotatable bonds is 6. The smallest absolute Gasteiger partial charge is 0.337 e. The van der Waals surface area contributed by atoms with E-state index in [9.17, 15) is 19.2 Å². The van der Waals surface area contributed by atoms with Gasteiger partial charge in [-0.2, -0.15) is 0 Å². The number of thioether (sulfide) groups is 1. The van der Waals surface area contributed by atoms with Crippen LogP contribution in [-0.2, 0) is 19.1 Å². The third-order valence-corrected chi connectivity index (χ3v) is 6.05. The predicted octanol–water partition coefficient (Wildman–Crippen LogP) is 4.18. The minimum atomic E-state index is -0.627. The zero-order valence-corrected chi connectivity index (χ0v) is 20.2. The van der Waals surface area contributed by atoms with Crippen LogP contribution in [0.2, 0.25) is 0 Å². The Morgan fingerprint density at radius 3 is 2.42 bits per heavy atom. The highest BCUT2D eigenvalue weighted by atomic mass is 32.2. The van der Waals surface area contributed by atoms with E-state index in [4.69, 9.17) is 9.47 Å². The highest BCUT2D eigenvalue weighted by Gasteiger charge is 2.37. The number of carbonyl (C=O) groups is 4. The maximum Gasteiger partial charge on any atom is 0.337 e. The first-order valence-electron chi connectivity index (χ1n) is 10.4. The molecule has 3 rings (SSSR count). The van der Waals surface area contributed by atoms with Crippen molar-refractivity contribution in [3.63, 3.8) is 0 Å². The van der Waals surface area contributed by atoms with E-state index in [-0.39, 0.29) is 11.0 Å². The van der Waals surface area contributed by atoms with Gasteiger partial charge >= 0.3 is 11.9 Å². The Labute approximate surface area is 196 Å². The summed E-state index contributed by atoms with van der Waals surface area (Å²) in [5.74, 6) is -1.55. The first kappa shape index (κ1) is 24.3. The molecule has 9 heteroatoms. The molecule has 1 saturated heterocycles. The van der Waals surface area contributed by atoms with E-state index in [1.807, 2.05) is 37.5 Å². The molecule has 1 aromatic heterocycles. The van der Waals surface area contributed by atoms with Crippen molar-refractivity contribution in [3.05, 3.63) is 57.2 Å². The van der Waals surface area contributed by atoms with Crippen LogP contribution < -0.4 is 0 Å². The summed E-state index contributed by atoms with van der Waals surface area (Å²) in [5, 5.41) is -0.505. The second-order valence-electron chi connectivity index (χ2n) is 7.96. The fraction of sp³-hybridized carbons (Fsp3) is 0.333. The summed E-state index contributed by atoms with van der Waals surface area (Å²) < 4.78 is 11.8. The molecule has 2 heterocycles. The largest absolute Gasteiger partial charge is 0.465 e. The Bertz CT molecular complexity index is 1180. The van der Waals surface area contributed by atoms with E-state index in [0.29, 0.717) is 5.56 Å². The third kappa shape index (κ3) is 5.03. The van der Waals surface area contributed by atoms with Crippen LogP contribution in [0, 0.1) is 20.8 Å². The molecule has 1 fully saturated rings. The highest BCUT2D eigenvalue weighted by molar-refractivity contribution is 8.18. The van der Waals surface area contributed by atoms with Gasteiger partial charge in [0.1, 0.15) is 6.54 Å². The number of aryl methyl sites for hydroxylation is 2. The Morgan fingerprint density at radius 1 is 1.12 bits per heavy atom. The molecule has 0 atom stereocenters. The molecule has 2 aromatic rings. The highest BCUT2D eigenvalue weighted by Crippen LogP contribution is 2.34. The normalized spacial score (nSPS) is 15.0. The van der Waals surface area contributed by atoms with Crippen LogP contribution in [0.3, 0.4) is 0 Å². The first-order chi connectivity index (χ1) is 15.5. The monoisotopic (exact) mass is 470 g/mol. The average Bonchev–Trinajstić information content (AvgIpc) is 3.16. The van der Waals surface area contributed by atoms with Gasteiger partial charge in [0, 0.05) is 17.1 Å². The molecule has 1 aliphatic rings. The zero-order chi connectivity index (χ0) is 24.4. The molecule has 174 valence electrons. The van der Waals surface area contributed by atoms with Crippen LogP contribution in [0.1, 0.15) is 46.7 Å². The number of hydrogen-bond acceptors (Lipinski definition) is 7. The number of esters is 2. The van der Waals surface area contributed by atoms with Crippen LogP contribution >= 0.6 is 11.8 Å². The lowest BCUT2D eigenvalue weighted by Crippen LogP contribution is -2.35. The van der Waals surface area contributed by atoms with Crippen LogP contribution in [0.25, 0.3) is 11.8 Å². The van der Waals surface area contributed by atoms with Crippen molar-refractivity contribution < 1.29 is 28.7 Å². The van der Waals surface area contributed by atoms with Crippen molar-refractivity contribution in [2.75, 3.05) is 13.7 Å². The summed E-state index contributed by atoms with van der Waals surface area (Å²) in [6, 6.07) is 7.24. The van der Waals surface area contributed by atoms with Gasteiger partial charge in [-0.3, -0.25) is 19.3 Å². The van der Waals surface area contributed by atoms with Gasteiger partial charge in [0.25, 0.3) is 11.1 Å². The topological polar surface area (TPSA) is 94.9 Å². The van der Waals surface area contributed by atoms with E-state index in [2.05, 4.69) is 0 Å². The van der Waals surface area contributed by atoms with E-state index in [1.54, 1.807) is 32.1 Å². The number of nitrogens with zero attached hydrogens (tertiary/aromatic N) is 2. The third-order valence-electron chi connectivity index (χ3n) is 5.14. The van der Waals surface area contributed by atoms with E-state index < -0.39 is 29.6 Å². The number of methoxy groups -OCH3 is 1. The van der Waals surface area contributed by atoms with Gasteiger partial charge in [0.15, 0.2) is 0 Å². The summed E-state index contributed by atoms with van der Waals surface area (Å²) in [6.07, 6.45) is 1.33. The number of ether oxygens (including phenoxy) is 2. The quantitative estimate of drug-likeness (QED) is 0.462. The van der Waals surface area contributed by atoms with Crippen LogP contribution in [0.15, 0.2) is 29.2 Å². The molecule has 1 aliphatic heterocycles. The maximum atomic E-state index is 12.8. The van der Waals surface area contributed by atoms with Gasteiger partial charge in [-0.15, -0.1) is 0 Å². The minimum absolute atomic E-state index is 0.246. The predicted molar refractivity (Wildman–Crippen MR) is 125 cm³/mol. The minimum Gasteiger partial charge on any atom is -0.465 e. The maximum absolute atomic E-state index is 12.8. The molecule has 0 bridgehead atoms. The Balaban J connectivity index is 1.90. The lowest BCUT2D eigenvalue weighted by molar-refractivity contribution is -0.149. The number of hydrogen-bond donors (Lipinski definition) is 0. The summed E-state index contributed by atoms with van der Waals surface area (Å²) in [4.78, 5) is 49.9. The molecule has 1 aromatic carbocycles. The molecule has 0 N–H and O–H groups in total. The van der Waals surface area contributed by atoms with Crippen molar-refractivity contribution in [2.45, 2.75) is 40.7 Å². The van der Waals surface area contributed by atoms with Crippen molar-refractivity contribution in [2.24, 2.45) is 0 Å². The second kappa shape index (κ2) is 9.66. The average molecular weight is 471 g/mol. The zero-order valence-electron chi connectivity index (χ0n) is 19.4. The molecule has 0 unspecified atom stereocenters. The summed E-state index contributed by atoms with van der Waals surface area (Å²) in [5.41, 5.74) is 4.81. The Hall–Kier alpha value is -3.33. The Morgan fingerprint density at radius 2 is 1.82 bits per heavy atom. The molecule has 2 amide bonds. The molecular formula is C24H26N2O6S. The summed E-state index contributed by atoms with van der Waals surface area (Å²) in [7, 11) is 1.34.